The van der Waals surface area contributed by atoms with Crippen molar-refractivity contribution in [2.75, 3.05) is 0 Å². The molecule has 3 atom stereocenters. The maximum absolute atomic E-state index is 14.2. The quantitative estimate of drug-likeness (QED) is 0.270. The average molecular weight is 596 g/mol. The van der Waals surface area contributed by atoms with Gasteiger partial charge in [-0.1, -0.05) is 12.1 Å². The van der Waals surface area contributed by atoms with Crippen LogP contribution in [0.1, 0.15) is 68.2 Å². The molecular formula is C30H22F5N5O3. The predicted octanol–water partition coefficient (Wildman–Crippen LogP) is 4.80. The van der Waals surface area contributed by atoms with Gasteiger partial charge in [-0.3, -0.25) is 24.0 Å². The van der Waals surface area contributed by atoms with Crippen molar-refractivity contribution in [1.82, 2.24) is 20.1 Å². The molecule has 2 amide bonds. The lowest BCUT2D eigenvalue weighted by Crippen LogP contribution is -2.34. The Morgan fingerprint density at radius 2 is 1.77 bits per heavy atom. The summed E-state index contributed by atoms with van der Waals surface area (Å²) in [5, 5.41) is 6.60. The molecule has 3 N–H and O–H groups in total. The van der Waals surface area contributed by atoms with Crippen molar-refractivity contribution in [3.63, 3.8) is 0 Å². The van der Waals surface area contributed by atoms with Crippen LogP contribution in [0.3, 0.4) is 0 Å². The molecule has 4 aromatic rings. The highest BCUT2D eigenvalue weighted by atomic mass is 19.3. The normalized spacial score (nSPS) is 17.5. The second kappa shape index (κ2) is 10.7. The molecule has 2 unspecified atom stereocenters. The molecule has 0 bridgehead atoms. The van der Waals surface area contributed by atoms with Gasteiger partial charge in [0, 0.05) is 29.3 Å². The van der Waals surface area contributed by atoms with E-state index in [2.05, 4.69) is 15.4 Å². The number of nitrogens with two attached hydrogens (primary N) is 1. The first-order valence-electron chi connectivity index (χ1n) is 13.2. The van der Waals surface area contributed by atoms with Crippen molar-refractivity contribution in [3.8, 4) is 11.1 Å². The molecule has 0 spiro atoms. The number of amides is 2. The van der Waals surface area contributed by atoms with Crippen LogP contribution in [-0.2, 0) is 17.8 Å². The molecular weight excluding hydrogens is 573 g/mol. The summed E-state index contributed by atoms with van der Waals surface area (Å²) in [7, 11) is 0. The lowest BCUT2D eigenvalue weighted by Gasteiger charge is -2.22. The molecule has 1 saturated carbocycles. The Bertz CT molecular complexity index is 1790. The minimum Gasteiger partial charge on any atom is -0.366 e. The van der Waals surface area contributed by atoms with Gasteiger partial charge in [-0.05, 0) is 60.2 Å². The molecule has 2 heterocycles. The van der Waals surface area contributed by atoms with E-state index in [1.54, 1.807) is 12.1 Å². The van der Waals surface area contributed by atoms with Crippen LogP contribution >= 0.6 is 0 Å². The van der Waals surface area contributed by atoms with Crippen molar-refractivity contribution in [2.45, 2.75) is 37.8 Å². The van der Waals surface area contributed by atoms with Gasteiger partial charge in [-0.25, -0.2) is 22.0 Å². The number of pyridine rings is 1. The molecule has 2 aromatic heterocycles. The molecule has 13 heteroatoms. The van der Waals surface area contributed by atoms with E-state index in [1.165, 1.54) is 18.3 Å². The van der Waals surface area contributed by atoms with Crippen LogP contribution in [0.25, 0.3) is 11.1 Å². The number of ketones is 1. The first-order valence-corrected chi connectivity index (χ1v) is 13.2. The van der Waals surface area contributed by atoms with Crippen LogP contribution in [0.15, 0.2) is 54.7 Å². The minimum absolute atomic E-state index is 0.0146. The van der Waals surface area contributed by atoms with Gasteiger partial charge in [0.05, 0.1) is 17.3 Å². The number of rotatable bonds is 9. The van der Waals surface area contributed by atoms with Gasteiger partial charge in [-0.15, -0.1) is 0 Å². The van der Waals surface area contributed by atoms with Gasteiger partial charge in [0.15, 0.2) is 5.78 Å². The number of nitrogens with one attached hydrogen (secondary N) is 1. The summed E-state index contributed by atoms with van der Waals surface area (Å²) >= 11 is 0. The number of fused-ring (bicyclic) bond motifs is 3. The fourth-order valence-electron chi connectivity index (χ4n) is 5.75. The number of primary amides is 1. The van der Waals surface area contributed by atoms with E-state index >= 15 is 0 Å². The van der Waals surface area contributed by atoms with Crippen molar-refractivity contribution >= 4 is 17.6 Å². The van der Waals surface area contributed by atoms with E-state index in [-0.39, 0.29) is 52.1 Å². The number of aromatic nitrogens is 3. The zero-order valence-electron chi connectivity index (χ0n) is 22.2. The van der Waals surface area contributed by atoms with Crippen molar-refractivity contribution in [1.29, 1.82) is 0 Å². The Kier molecular flexibility index (Phi) is 7.03. The zero-order chi connectivity index (χ0) is 30.6. The van der Waals surface area contributed by atoms with Crippen LogP contribution in [0.5, 0.6) is 0 Å². The Hall–Kier alpha value is -4.94. The van der Waals surface area contributed by atoms with E-state index in [0.717, 1.165) is 22.9 Å². The van der Waals surface area contributed by atoms with E-state index in [0.29, 0.717) is 23.6 Å². The smallest absolute Gasteiger partial charge is 0.282 e. The molecule has 43 heavy (non-hydrogen) atoms. The summed E-state index contributed by atoms with van der Waals surface area (Å²) in [6.07, 6.45) is -1.23. The van der Waals surface area contributed by atoms with E-state index < -0.39 is 54.0 Å². The van der Waals surface area contributed by atoms with E-state index in [9.17, 15) is 36.3 Å². The van der Waals surface area contributed by atoms with E-state index in [1.807, 2.05) is 0 Å². The number of Topliss-reactive ketones (excluding diaryl/α,β-unsaturated/α-hetero) is 1. The van der Waals surface area contributed by atoms with Crippen molar-refractivity contribution in [2.24, 2.45) is 11.7 Å². The first kappa shape index (κ1) is 28.2. The monoisotopic (exact) mass is 595 g/mol. The van der Waals surface area contributed by atoms with Gasteiger partial charge in [0.2, 0.25) is 5.91 Å². The number of hydrogen-bond donors (Lipinski definition) is 2. The van der Waals surface area contributed by atoms with Gasteiger partial charge in [0.1, 0.15) is 35.4 Å². The molecule has 0 saturated heterocycles. The van der Waals surface area contributed by atoms with Crippen molar-refractivity contribution < 1.29 is 36.3 Å². The van der Waals surface area contributed by atoms with Crippen LogP contribution in [0, 0.1) is 23.4 Å². The molecule has 220 valence electrons. The number of hydrogen-bond acceptors (Lipinski definition) is 5. The third-order valence-electron chi connectivity index (χ3n) is 7.66. The molecule has 2 aliphatic carbocycles. The third kappa shape index (κ3) is 5.26. The molecule has 0 radical (unpaired) electrons. The molecule has 1 fully saturated rings. The molecule has 2 aliphatic rings. The number of carbonyl (C=O) groups excluding carboxylic acids is 3. The highest BCUT2D eigenvalue weighted by Gasteiger charge is 2.56. The lowest BCUT2D eigenvalue weighted by atomic mass is 9.94. The number of halogens is 5. The summed E-state index contributed by atoms with van der Waals surface area (Å²) in [6, 6.07) is 8.56. The number of nitrogens with zero attached hydrogens (tertiary/aromatic N) is 3. The largest absolute Gasteiger partial charge is 0.366 e. The van der Waals surface area contributed by atoms with E-state index in [4.69, 9.17) is 5.73 Å². The summed E-state index contributed by atoms with van der Waals surface area (Å²) in [5.41, 5.74) is 5.58. The summed E-state index contributed by atoms with van der Waals surface area (Å²) < 4.78 is 70.8. The summed E-state index contributed by atoms with van der Waals surface area (Å²) in [5.74, 6) is -5.34. The van der Waals surface area contributed by atoms with Gasteiger partial charge < -0.3 is 11.1 Å². The predicted molar refractivity (Wildman–Crippen MR) is 141 cm³/mol. The summed E-state index contributed by atoms with van der Waals surface area (Å²) in [6.45, 7) is -0.585. The Morgan fingerprint density at radius 3 is 2.47 bits per heavy atom. The lowest BCUT2D eigenvalue weighted by molar-refractivity contribution is -0.122. The Morgan fingerprint density at radius 1 is 1.02 bits per heavy atom. The SMILES string of the molecule is NC(=O)c1cc(-c2cccnc2[C@H](Cc2cc(F)cc(F)c2)NC(=O)Cn2nc(C(F)F)c3c2C(=O)C2CC32)ccc1F. The highest BCUT2D eigenvalue weighted by Crippen LogP contribution is 2.58. The summed E-state index contributed by atoms with van der Waals surface area (Å²) in [4.78, 5) is 42.3. The fourth-order valence-corrected chi connectivity index (χ4v) is 5.75. The number of alkyl halides is 2. The Labute approximate surface area is 240 Å². The molecule has 6 rings (SSSR count). The zero-order valence-corrected chi connectivity index (χ0v) is 22.2. The second-order valence-electron chi connectivity index (χ2n) is 10.5. The van der Waals surface area contributed by atoms with Crippen molar-refractivity contribution in [3.05, 3.63) is 106 Å². The second-order valence-corrected chi connectivity index (χ2v) is 10.5. The highest BCUT2D eigenvalue weighted by molar-refractivity contribution is 6.05. The maximum Gasteiger partial charge on any atom is 0.282 e. The number of benzene rings is 2. The van der Waals surface area contributed by atoms with Gasteiger partial charge >= 0.3 is 0 Å². The topological polar surface area (TPSA) is 120 Å². The first-order chi connectivity index (χ1) is 20.5. The van der Waals surface area contributed by atoms with Crippen LogP contribution in [0.4, 0.5) is 22.0 Å². The average Bonchev–Trinajstić information content (AvgIpc) is 3.57. The standard InChI is InChI=1S/C30H22F5N5O3/c31-15-6-13(7-16(32)10-15)8-22(25-17(2-1-5-37-25)14-3-4-21(33)20(9-14)30(36)43)38-23(41)12-40-27-24(26(39-40)29(34)35)18-11-19(18)28(27)42/h1-7,9-10,18-19,22,29H,8,11-12H2,(H2,36,43)(H,38,41)/t18?,19?,22-/m0/s1. The molecule has 2 aromatic carbocycles. The van der Waals surface area contributed by atoms with Crippen LogP contribution in [0.2, 0.25) is 0 Å². The number of carbonyl (C=O) groups is 3. The maximum atomic E-state index is 14.2. The Balaban J connectivity index is 1.37. The fraction of sp³-hybridized carbons (Fsp3) is 0.233. The third-order valence-corrected chi connectivity index (χ3v) is 7.66. The van der Waals surface area contributed by atoms with Crippen LogP contribution < -0.4 is 11.1 Å². The van der Waals surface area contributed by atoms with Gasteiger partial charge in [-0.2, -0.15) is 5.10 Å². The molecule has 8 nitrogen and oxygen atoms in total. The van der Waals surface area contributed by atoms with Gasteiger partial charge in [0.25, 0.3) is 12.3 Å². The molecule has 0 aliphatic heterocycles. The minimum atomic E-state index is -2.93. The van der Waals surface area contributed by atoms with Crippen LogP contribution in [-0.4, -0.2) is 32.4 Å².